The molecule has 4 aromatic rings. The summed E-state index contributed by atoms with van der Waals surface area (Å²) in [6, 6.07) is 14.1. The normalized spacial score (nSPS) is 10.9. The molecule has 0 N–H and O–H groups in total. The van der Waals surface area contributed by atoms with Crippen molar-refractivity contribution < 1.29 is 9.53 Å². The van der Waals surface area contributed by atoms with E-state index in [1.807, 2.05) is 36.4 Å². The lowest BCUT2D eigenvalue weighted by Gasteiger charge is -2.19. The largest absolute Gasteiger partial charge is 0.409 e. The number of fused-ring (bicyclic) bond motifs is 1. The van der Waals surface area contributed by atoms with E-state index in [1.54, 1.807) is 10.1 Å². The van der Waals surface area contributed by atoms with E-state index in [0.29, 0.717) is 11.6 Å². The molecule has 0 fully saturated rings. The minimum atomic E-state index is 0.250. The molecule has 0 unspecified atom stereocenters. The molecule has 0 spiro atoms. The van der Waals surface area contributed by atoms with Gasteiger partial charge in [-0.2, -0.15) is 14.8 Å². The minimum Gasteiger partial charge on any atom is -0.409 e. The van der Waals surface area contributed by atoms with E-state index in [2.05, 4.69) is 29.8 Å². The van der Waals surface area contributed by atoms with Crippen molar-refractivity contribution in [3.63, 3.8) is 0 Å². The average Bonchev–Trinajstić information content (AvgIpc) is 3.34. The van der Waals surface area contributed by atoms with Crippen molar-refractivity contribution >= 4 is 34.7 Å². The fourth-order valence-electron chi connectivity index (χ4n) is 3.10. The molecule has 0 aliphatic heterocycles. The summed E-state index contributed by atoms with van der Waals surface area (Å²) < 4.78 is 6.57. The molecule has 0 saturated heterocycles. The molecule has 0 radical (unpaired) electrons. The Bertz CT molecular complexity index is 1100. The summed E-state index contributed by atoms with van der Waals surface area (Å²) in [7, 11) is 0. The number of aromatic nitrogens is 4. The molecule has 0 atom stereocenters. The van der Waals surface area contributed by atoms with Crippen LogP contribution in [0.15, 0.2) is 47.8 Å². The Morgan fingerprint density at radius 1 is 1.11 bits per heavy atom. The first-order chi connectivity index (χ1) is 13.7. The third-order valence-corrected chi connectivity index (χ3v) is 5.27. The minimum absolute atomic E-state index is 0.250. The zero-order valence-corrected chi connectivity index (χ0v) is 16.4. The van der Waals surface area contributed by atoms with Crippen LogP contribution >= 0.6 is 11.3 Å². The number of carbonyl (C=O) groups excluding carboxylic acids is 1. The van der Waals surface area contributed by atoms with E-state index in [0.717, 1.165) is 41.2 Å². The summed E-state index contributed by atoms with van der Waals surface area (Å²) in [5.74, 6) is 1.14. The zero-order chi connectivity index (χ0) is 19.5. The third kappa shape index (κ3) is 3.22. The topological polar surface area (TPSA) is 73.1 Å². The summed E-state index contributed by atoms with van der Waals surface area (Å²) in [4.78, 5) is 22.0. The molecule has 1 aromatic carbocycles. The van der Waals surface area contributed by atoms with E-state index in [1.165, 1.54) is 11.3 Å². The van der Waals surface area contributed by atoms with Crippen LogP contribution in [0.3, 0.4) is 0 Å². The first-order valence-corrected chi connectivity index (χ1v) is 9.89. The molecule has 3 heterocycles. The number of hydrogen-bond acceptors (Lipinski definition) is 7. The number of ether oxygens (including phenoxy) is 1. The quantitative estimate of drug-likeness (QED) is 0.443. The van der Waals surface area contributed by atoms with Gasteiger partial charge >= 0.3 is 0 Å². The van der Waals surface area contributed by atoms with E-state index < -0.39 is 0 Å². The molecule has 3 aromatic heterocycles. The molecular weight excluding hydrogens is 374 g/mol. The number of benzene rings is 1. The number of nitrogens with zero attached hydrogens (tertiary/aromatic N) is 5. The maximum Gasteiger partial charge on any atom is 0.299 e. The highest BCUT2D eigenvalue weighted by Crippen LogP contribution is 2.32. The van der Waals surface area contributed by atoms with Gasteiger partial charge in [-0.1, -0.05) is 41.7 Å². The Morgan fingerprint density at radius 3 is 2.61 bits per heavy atom. The van der Waals surface area contributed by atoms with Gasteiger partial charge in [0.05, 0.1) is 5.38 Å². The predicted octanol–water partition coefficient (Wildman–Crippen LogP) is 3.93. The predicted molar refractivity (Wildman–Crippen MR) is 110 cm³/mol. The van der Waals surface area contributed by atoms with Crippen molar-refractivity contribution in [2.75, 3.05) is 18.0 Å². The molecule has 0 aliphatic rings. The van der Waals surface area contributed by atoms with Crippen LogP contribution in [0, 0.1) is 0 Å². The van der Waals surface area contributed by atoms with Gasteiger partial charge in [0.2, 0.25) is 11.0 Å². The Hall–Kier alpha value is -3.26. The third-order valence-electron chi connectivity index (χ3n) is 4.47. The smallest absolute Gasteiger partial charge is 0.299 e. The molecule has 142 valence electrons. The van der Waals surface area contributed by atoms with Gasteiger partial charge in [0.15, 0.2) is 5.65 Å². The maximum absolute atomic E-state index is 10.6. The molecule has 0 bridgehead atoms. The lowest BCUT2D eigenvalue weighted by molar-refractivity contribution is -0.120. The summed E-state index contributed by atoms with van der Waals surface area (Å²) in [6.07, 6.45) is 0. The Balaban J connectivity index is 1.92. The molecule has 28 heavy (non-hydrogen) atoms. The second-order valence-corrected chi connectivity index (χ2v) is 6.86. The van der Waals surface area contributed by atoms with Crippen LogP contribution in [-0.2, 0) is 4.79 Å². The molecular formula is C20H19N5O2S. The fourth-order valence-corrected chi connectivity index (χ4v) is 3.79. The van der Waals surface area contributed by atoms with Crippen molar-refractivity contribution in [3.05, 3.63) is 47.8 Å². The molecule has 0 aliphatic carbocycles. The van der Waals surface area contributed by atoms with Crippen molar-refractivity contribution in [3.8, 4) is 22.3 Å². The van der Waals surface area contributed by atoms with Crippen molar-refractivity contribution in [2.45, 2.75) is 13.8 Å². The maximum atomic E-state index is 10.6. The van der Waals surface area contributed by atoms with E-state index in [4.69, 9.17) is 14.8 Å². The molecule has 4 rings (SSSR count). The van der Waals surface area contributed by atoms with Gasteiger partial charge in [-0.3, -0.25) is 4.79 Å². The highest BCUT2D eigenvalue weighted by atomic mass is 32.1. The number of rotatable bonds is 7. The first-order valence-electron chi connectivity index (χ1n) is 9.01. The monoisotopic (exact) mass is 393 g/mol. The van der Waals surface area contributed by atoms with Gasteiger partial charge in [-0.05, 0) is 26.0 Å². The van der Waals surface area contributed by atoms with Crippen molar-refractivity contribution in [1.29, 1.82) is 0 Å². The second kappa shape index (κ2) is 7.77. The van der Waals surface area contributed by atoms with Crippen LogP contribution in [0.25, 0.3) is 27.4 Å². The zero-order valence-electron chi connectivity index (χ0n) is 15.6. The highest BCUT2D eigenvalue weighted by Gasteiger charge is 2.18. The summed E-state index contributed by atoms with van der Waals surface area (Å²) in [5.41, 5.74) is 2.56. The lowest BCUT2D eigenvalue weighted by Crippen LogP contribution is -2.22. The van der Waals surface area contributed by atoms with Crippen LogP contribution in [0.1, 0.15) is 13.8 Å². The van der Waals surface area contributed by atoms with Gasteiger partial charge in [0, 0.05) is 24.0 Å². The van der Waals surface area contributed by atoms with E-state index in [9.17, 15) is 4.79 Å². The van der Waals surface area contributed by atoms with Gasteiger partial charge in [-0.15, -0.1) is 0 Å². The van der Waals surface area contributed by atoms with E-state index in [-0.39, 0.29) is 5.88 Å². The molecule has 7 nitrogen and oxygen atoms in total. The number of pyridine rings is 1. The van der Waals surface area contributed by atoms with Crippen molar-refractivity contribution in [1.82, 2.24) is 19.7 Å². The van der Waals surface area contributed by atoms with Gasteiger partial charge in [0.25, 0.3) is 6.47 Å². The van der Waals surface area contributed by atoms with Crippen LogP contribution in [-0.4, -0.2) is 39.3 Å². The highest BCUT2D eigenvalue weighted by molar-refractivity contribution is 7.12. The molecule has 8 heteroatoms. The van der Waals surface area contributed by atoms with Gasteiger partial charge in [0.1, 0.15) is 11.5 Å². The average molecular weight is 393 g/mol. The van der Waals surface area contributed by atoms with Crippen molar-refractivity contribution in [2.24, 2.45) is 0 Å². The molecule has 0 saturated carbocycles. The van der Waals surface area contributed by atoms with Gasteiger partial charge in [-0.25, -0.2) is 4.98 Å². The van der Waals surface area contributed by atoms with Crippen LogP contribution in [0.4, 0.5) is 5.82 Å². The standard InChI is InChI=1S/C20H19N5O2S/c1-3-24(4-2)16-11-10-15-18(14-8-6-5-7-9-14)23-25(19(15)21-16)20-22-17(12-28-20)27-13-26/h5-13H,3-4H2,1-2H3. The Kier molecular flexibility index (Phi) is 5.03. The van der Waals surface area contributed by atoms with Crippen LogP contribution in [0.2, 0.25) is 0 Å². The SMILES string of the molecule is CCN(CC)c1ccc2c(-c3ccccc3)nn(-c3nc(OC=O)cs3)c2n1. The number of carbonyl (C=O) groups is 1. The van der Waals surface area contributed by atoms with Gasteiger partial charge < -0.3 is 9.64 Å². The first kappa shape index (κ1) is 18.1. The number of thiazole rings is 1. The summed E-state index contributed by atoms with van der Waals surface area (Å²) in [5, 5.41) is 8.00. The Labute approximate surface area is 166 Å². The second-order valence-electron chi connectivity index (χ2n) is 6.02. The summed E-state index contributed by atoms with van der Waals surface area (Å²) in [6.45, 7) is 6.30. The lowest BCUT2D eigenvalue weighted by atomic mass is 10.1. The van der Waals surface area contributed by atoms with Crippen LogP contribution in [0.5, 0.6) is 5.88 Å². The Morgan fingerprint density at radius 2 is 1.89 bits per heavy atom. The fraction of sp³-hybridized carbons (Fsp3) is 0.200. The number of anilines is 1. The molecule has 0 amide bonds. The number of hydrogen-bond donors (Lipinski definition) is 0. The van der Waals surface area contributed by atoms with E-state index >= 15 is 0 Å². The summed E-state index contributed by atoms with van der Waals surface area (Å²) >= 11 is 1.34. The van der Waals surface area contributed by atoms with Crippen LogP contribution < -0.4 is 9.64 Å².